The van der Waals surface area contributed by atoms with Crippen molar-refractivity contribution in [1.29, 1.82) is 0 Å². The summed E-state index contributed by atoms with van der Waals surface area (Å²) < 4.78 is 34.1. The highest BCUT2D eigenvalue weighted by Gasteiger charge is 2.29. The van der Waals surface area contributed by atoms with Crippen molar-refractivity contribution in [3.8, 4) is 11.1 Å². The maximum Gasteiger partial charge on any atom is 0.268 e. The molecule has 4 aromatic rings. The van der Waals surface area contributed by atoms with Gasteiger partial charge in [-0.1, -0.05) is 32.9 Å². The minimum atomic E-state index is -3.87. The van der Waals surface area contributed by atoms with Crippen LogP contribution in [-0.2, 0) is 15.4 Å². The number of sulfonamides is 1. The number of hydrogen-bond acceptors (Lipinski definition) is 6. The summed E-state index contributed by atoms with van der Waals surface area (Å²) >= 11 is 0. The second-order valence-electron chi connectivity index (χ2n) is 10.5. The largest absolute Gasteiger partial charge is 0.472 e. The van der Waals surface area contributed by atoms with Crippen LogP contribution in [0.4, 0.5) is 5.69 Å². The van der Waals surface area contributed by atoms with Crippen LogP contribution in [0.3, 0.4) is 0 Å². The Morgan fingerprint density at radius 1 is 1.16 bits per heavy atom. The van der Waals surface area contributed by atoms with Crippen molar-refractivity contribution in [3.63, 3.8) is 0 Å². The van der Waals surface area contributed by atoms with Crippen molar-refractivity contribution in [2.45, 2.75) is 62.5 Å². The van der Waals surface area contributed by atoms with Crippen molar-refractivity contribution >= 4 is 32.7 Å². The second-order valence-corrected chi connectivity index (χ2v) is 12.1. The summed E-state index contributed by atoms with van der Waals surface area (Å²) in [6.45, 7) is 6.19. The van der Waals surface area contributed by atoms with E-state index >= 15 is 0 Å². The lowest BCUT2D eigenvalue weighted by molar-refractivity contribution is 0.0870. The Morgan fingerprint density at radius 3 is 2.54 bits per heavy atom. The molecule has 1 fully saturated rings. The van der Waals surface area contributed by atoms with Crippen LogP contribution in [0.15, 0.2) is 64.4 Å². The fourth-order valence-electron chi connectivity index (χ4n) is 4.70. The predicted molar refractivity (Wildman–Crippen MR) is 141 cm³/mol. The number of pyridine rings is 1. The van der Waals surface area contributed by atoms with Gasteiger partial charge < -0.3 is 19.8 Å². The van der Waals surface area contributed by atoms with E-state index in [1.54, 1.807) is 24.3 Å². The molecule has 5 rings (SSSR count). The minimum Gasteiger partial charge on any atom is -0.472 e. The number of furan rings is 1. The monoisotopic (exact) mass is 522 g/mol. The SMILES string of the molecule is CC(C)(C)c1ccc(S(=O)(=O)Nc2cnc3[nH]c(C(=O)N[C@H]4CCC[C@H]4O)c(-c4ccoc4)c3c2)cc1. The molecule has 0 unspecified atom stereocenters. The number of benzene rings is 1. The highest BCUT2D eigenvalue weighted by Crippen LogP contribution is 2.34. The van der Waals surface area contributed by atoms with Crippen LogP contribution in [0.1, 0.15) is 56.1 Å². The lowest BCUT2D eigenvalue weighted by atomic mass is 9.87. The Balaban J connectivity index is 1.49. The predicted octanol–water partition coefficient (Wildman–Crippen LogP) is 4.56. The van der Waals surface area contributed by atoms with E-state index in [2.05, 4.69) is 40.8 Å². The lowest BCUT2D eigenvalue weighted by Crippen LogP contribution is -2.40. The number of rotatable bonds is 6. The average Bonchev–Trinajstić information content (AvgIpc) is 3.58. The van der Waals surface area contributed by atoms with Gasteiger partial charge in [-0.25, -0.2) is 13.4 Å². The van der Waals surface area contributed by atoms with Crippen LogP contribution in [0.25, 0.3) is 22.2 Å². The summed E-state index contributed by atoms with van der Waals surface area (Å²) in [4.78, 5) is 20.8. The number of H-pyrrole nitrogens is 1. The van der Waals surface area contributed by atoms with E-state index in [-0.39, 0.29) is 33.6 Å². The molecule has 2 atom stereocenters. The second kappa shape index (κ2) is 9.35. The minimum absolute atomic E-state index is 0.0949. The summed E-state index contributed by atoms with van der Waals surface area (Å²) in [6, 6.07) is 9.83. The number of nitrogens with one attached hydrogen (secondary N) is 3. The van der Waals surface area contributed by atoms with Crippen LogP contribution in [-0.4, -0.2) is 41.5 Å². The molecule has 1 aliphatic rings. The molecule has 3 heterocycles. The van der Waals surface area contributed by atoms with Gasteiger partial charge in [0.1, 0.15) is 11.3 Å². The number of aliphatic hydroxyl groups excluding tert-OH is 1. The number of carbonyl (C=O) groups is 1. The zero-order valence-corrected chi connectivity index (χ0v) is 21.7. The molecule has 0 aliphatic heterocycles. The third-order valence-electron chi connectivity index (χ3n) is 6.77. The smallest absolute Gasteiger partial charge is 0.268 e. The van der Waals surface area contributed by atoms with E-state index in [1.165, 1.54) is 18.7 Å². The Morgan fingerprint density at radius 2 is 1.92 bits per heavy atom. The van der Waals surface area contributed by atoms with Crippen LogP contribution < -0.4 is 10.0 Å². The molecular weight excluding hydrogens is 492 g/mol. The van der Waals surface area contributed by atoms with Crippen molar-refractivity contribution < 1.29 is 22.7 Å². The maximum atomic E-state index is 13.2. The van der Waals surface area contributed by atoms with E-state index in [0.29, 0.717) is 35.0 Å². The van der Waals surface area contributed by atoms with Gasteiger partial charge >= 0.3 is 0 Å². The quantitative estimate of drug-likeness (QED) is 0.293. The Bertz CT molecular complexity index is 1530. The van der Waals surface area contributed by atoms with Crippen LogP contribution in [0.5, 0.6) is 0 Å². The number of amides is 1. The molecule has 1 aliphatic carbocycles. The number of nitrogens with zero attached hydrogens (tertiary/aromatic N) is 1. The summed E-state index contributed by atoms with van der Waals surface area (Å²) in [5, 5.41) is 13.6. The standard InChI is InChI=1S/C27H30N4O5S/c1-27(2,3)17-7-9-19(10-8-17)37(34,35)31-18-13-20-23(16-11-12-36-15-16)24(30-25(20)28-14-18)26(33)29-21-5-4-6-22(21)32/h7-15,21-22,31-32H,4-6H2,1-3H3,(H,28,30)(H,29,33)/t21-,22+/m0/s1. The molecule has 1 amide bonds. The number of anilines is 1. The van der Waals surface area contributed by atoms with Crippen LogP contribution >= 0.6 is 0 Å². The topological polar surface area (TPSA) is 137 Å². The zero-order valence-electron chi connectivity index (χ0n) is 20.9. The fraction of sp³-hybridized carbons (Fsp3) is 0.333. The first-order chi connectivity index (χ1) is 17.5. The Labute approximate surface area is 215 Å². The van der Waals surface area contributed by atoms with E-state index in [1.807, 2.05) is 12.1 Å². The number of aromatic amines is 1. The van der Waals surface area contributed by atoms with Gasteiger partial charge in [0, 0.05) is 16.5 Å². The molecule has 3 aromatic heterocycles. The molecule has 37 heavy (non-hydrogen) atoms. The van der Waals surface area contributed by atoms with Gasteiger partial charge in [-0.15, -0.1) is 0 Å². The van der Waals surface area contributed by atoms with Gasteiger partial charge in [0.15, 0.2) is 0 Å². The van der Waals surface area contributed by atoms with Crippen LogP contribution in [0.2, 0.25) is 0 Å². The molecule has 0 spiro atoms. The Kier molecular flexibility index (Phi) is 6.33. The summed E-state index contributed by atoms with van der Waals surface area (Å²) in [7, 11) is -3.87. The third kappa shape index (κ3) is 4.99. The molecule has 9 nitrogen and oxygen atoms in total. The number of fused-ring (bicyclic) bond motifs is 1. The Hall–Kier alpha value is -3.63. The summed E-state index contributed by atoms with van der Waals surface area (Å²) in [5.74, 6) is -0.374. The molecule has 4 N–H and O–H groups in total. The number of aliphatic hydroxyl groups is 1. The molecule has 194 valence electrons. The van der Waals surface area contributed by atoms with E-state index in [9.17, 15) is 18.3 Å². The number of carbonyl (C=O) groups excluding carboxylic acids is 1. The van der Waals surface area contributed by atoms with Crippen molar-refractivity contribution in [2.75, 3.05) is 4.72 Å². The van der Waals surface area contributed by atoms with E-state index in [0.717, 1.165) is 12.0 Å². The molecular formula is C27H30N4O5S. The number of aromatic nitrogens is 2. The first kappa shape index (κ1) is 25.0. The first-order valence-corrected chi connectivity index (χ1v) is 13.7. The molecule has 0 saturated heterocycles. The summed E-state index contributed by atoms with van der Waals surface area (Å²) in [5.41, 5.74) is 3.06. The van der Waals surface area contributed by atoms with Crippen LogP contribution in [0, 0.1) is 0 Å². The van der Waals surface area contributed by atoms with Gasteiger partial charge in [-0.05, 0) is 54.5 Å². The molecule has 1 aromatic carbocycles. The van der Waals surface area contributed by atoms with Gasteiger partial charge in [0.05, 0.1) is 41.5 Å². The lowest BCUT2D eigenvalue weighted by Gasteiger charge is -2.19. The highest BCUT2D eigenvalue weighted by molar-refractivity contribution is 7.92. The summed E-state index contributed by atoms with van der Waals surface area (Å²) in [6.07, 6.45) is 6.03. The van der Waals surface area contributed by atoms with E-state index in [4.69, 9.17) is 4.42 Å². The number of hydrogen-bond donors (Lipinski definition) is 4. The normalized spacial score (nSPS) is 18.3. The average molecular weight is 523 g/mol. The van der Waals surface area contributed by atoms with Crippen molar-refractivity contribution in [2.24, 2.45) is 0 Å². The maximum absolute atomic E-state index is 13.2. The van der Waals surface area contributed by atoms with Gasteiger partial charge in [0.2, 0.25) is 0 Å². The van der Waals surface area contributed by atoms with Crippen molar-refractivity contribution in [1.82, 2.24) is 15.3 Å². The molecule has 1 saturated carbocycles. The fourth-order valence-corrected chi connectivity index (χ4v) is 5.73. The van der Waals surface area contributed by atoms with Gasteiger partial charge in [-0.2, -0.15) is 0 Å². The van der Waals surface area contributed by atoms with Gasteiger partial charge in [0.25, 0.3) is 15.9 Å². The first-order valence-electron chi connectivity index (χ1n) is 12.2. The molecule has 10 heteroatoms. The van der Waals surface area contributed by atoms with E-state index < -0.39 is 16.1 Å². The third-order valence-corrected chi connectivity index (χ3v) is 8.16. The zero-order chi connectivity index (χ0) is 26.4. The van der Waals surface area contributed by atoms with Crippen molar-refractivity contribution in [3.05, 3.63) is 66.4 Å². The molecule has 0 bridgehead atoms. The highest BCUT2D eigenvalue weighted by atomic mass is 32.2. The van der Waals surface area contributed by atoms with Gasteiger partial charge in [-0.3, -0.25) is 9.52 Å². The molecule has 0 radical (unpaired) electrons.